The molecule has 1 saturated heterocycles. The maximum absolute atomic E-state index is 12.6. The van der Waals surface area contributed by atoms with Gasteiger partial charge >= 0.3 is 0 Å². The van der Waals surface area contributed by atoms with Crippen molar-refractivity contribution in [2.75, 3.05) is 19.6 Å². The summed E-state index contributed by atoms with van der Waals surface area (Å²) in [5, 5.41) is 3.53. The fraction of sp³-hybridized carbons (Fsp3) is 1.00. The zero-order valence-electron chi connectivity index (χ0n) is 10.2. The monoisotopic (exact) mass is 232 g/mol. The number of alkyl halides is 2. The second-order valence-electron chi connectivity index (χ2n) is 5.52. The molecule has 2 aliphatic rings. The number of hydrogen-bond acceptors (Lipinski definition) is 2. The third kappa shape index (κ3) is 2.72. The summed E-state index contributed by atoms with van der Waals surface area (Å²) in [5.74, 6) is 0.660. The zero-order chi connectivity index (χ0) is 11.8. The van der Waals surface area contributed by atoms with E-state index >= 15 is 0 Å². The minimum Gasteiger partial charge on any atom is -0.309 e. The molecule has 0 bridgehead atoms. The standard InChI is InChI=1S/C12H22F2N2/c1-3-12(2)8-16(7-11(13)14)10(6-15-12)9-4-5-9/h9-11,15H,3-8H2,1-2H3. The van der Waals surface area contributed by atoms with Gasteiger partial charge < -0.3 is 5.32 Å². The predicted molar refractivity (Wildman–Crippen MR) is 60.8 cm³/mol. The molecule has 1 saturated carbocycles. The van der Waals surface area contributed by atoms with Crippen LogP contribution in [0.1, 0.15) is 33.1 Å². The molecule has 1 aliphatic heterocycles. The molecular weight excluding hydrogens is 210 g/mol. The van der Waals surface area contributed by atoms with Crippen LogP contribution in [0, 0.1) is 5.92 Å². The minimum absolute atomic E-state index is 0.0142. The second kappa shape index (κ2) is 4.57. The third-order valence-corrected chi connectivity index (χ3v) is 4.08. The Kier molecular flexibility index (Phi) is 3.50. The molecule has 16 heavy (non-hydrogen) atoms. The molecule has 0 radical (unpaired) electrons. The molecule has 2 unspecified atom stereocenters. The largest absolute Gasteiger partial charge is 0.309 e. The first-order chi connectivity index (χ1) is 7.54. The highest BCUT2D eigenvalue weighted by Gasteiger charge is 2.42. The first-order valence-corrected chi connectivity index (χ1v) is 6.31. The van der Waals surface area contributed by atoms with Gasteiger partial charge in [0, 0.05) is 24.7 Å². The van der Waals surface area contributed by atoms with Gasteiger partial charge in [-0.05, 0) is 32.1 Å². The summed E-state index contributed by atoms with van der Waals surface area (Å²) in [7, 11) is 0. The van der Waals surface area contributed by atoms with Crippen LogP contribution >= 0.6 is 0 Å². The number of rotatable bonds is 4. The van der Waals surface area contributed by atoms with E-state index in [1.165, 1.54) is 12.8 Å². The fourth-order valence-corrected chi connectivity index (χ4v) is 2.66. The molecule has 2 fully saturated rings. The van der Waals surface area contributed by atoms with Gasteiger partial charge in [0.2, 0.25) is 0 Å². The van der Waals surface area contributed by atoms with Gasteiger partial charge in [0.15, 0.2) is 0 Å². The summed E-state index contributed by atoms with van der Waals surface area (Å²) < 4.78 is 25.1. The zero-order valence-corrected chi connectivity index (χ0v) is 10.2. The molecule has 0 spiro atoms. The topological polar surface area (TPSA) is 15.3 Å². The number of piperazine rings is 1. The normalized spacial score (nSPS) is 36.9. The summed E-state index contributed by atoms with van der Waals surface area (Å²) in [6.45, 7) is 5.83. The summed E-state index contributed by atoms with van der Waals surface area (Å²) >= 11 is 0. The van der Waals surface area contributed by atoms with E-state index in [1.807, 2.05) is 4.90 Å². The van der Waals surface area contributed by atoms with Crippen molar-refractivity contribution < 1.29 is 8.78 Å². The van der Waals surface area contributed by atoms with Crippen LogP contribution in [-0.2, 0) is 0 Å². The van der Waals surface area contributed by atoms with E-state index in [2.05, 4.69) is 19.2 Å². The van der Waals surface area contributed by atoms with Crippen molar-refractivity contribution in [3.05, 3.63) is 0 Å². The van der Waals surface area contributed by atoms with Crippen molar-refractivity contribution in [2.45, 2.75) is 51.1 Å². The fourth-order valence-electron chi connectivity index (χ4n) is 2.66. The van der Waals surface area contributed by atoms with Gasteiger partial charge in [-0.2, -0.15) is 0 Å². The lowest BCUT2D eigenvalue weighted by Crippen LogP contribution is -2.63. The van der Waals surface area contributed by atoms with E-state index < -0.39 is 6.43 Å². The highest BCUT2D eigenvalue weighted by Crippen LogP contribution is 2.37. The lowest BCUT2D eigenvalue weighted by molar-refractivity contribution is 0.0161. The molecule has 0 amide bonds. The average molecular weight is 232 g/mol. The number of hydrogen-bond donors (Lipinski definition) is 1. The predicted octanol–water partition coefficient (Wildman–Crippen LogP) is 2.10. The first kappa shape index (κ1) is 12.2. The van der Waals surface area contributed by atoms with Crippen LogP contribution in [0.15, 0.2) is 0 Å². The van der Waals surface area contributed by atoms with Crippen molar-refractivity contribution in [3.8, 4) is 0 Å². The highest BCUT2D eigenvalue weighted by atomic mass is 19.3. The van der Waals surface area contributed by atoms with Gasteiger partial charge in [0.05, 0.1) is 6.54 Å². The minimum atomic E-state index is -2.21. The first-order valence-electron chi connectivity index (χ1n) is 6.31. The van der Waals surface area contributed by atoms with Gasteiger partial charge in [0.1, 0.15) is 0 Å². The number of nitrogens with one attached hydrogen (secondary N) is 1. The summed E-state index contributed by atoms with van der Waals surface area (Å²) in [5.41, 5.74) is 0.0142. The van der Waals surface area contributed by atoms with Crippen molar-refractivity contribution >= 4 is 0 Å². The molecule has 2 atom stereocenters. The Labute approximate surface area is 96.4 Å². The Morgan fingerprint density at radius 1 is 1.44 bits per heavy atom. The lowest BCUT2D eigenvalue weighted by Gasteiger charge is -2.46. The lowest BCUT2D eigenvalue weighted by atomic mass is 9.92. The second-order valence-corrected chi connectivity index (χ2v) is 5.52. The van der Waals surface area contributed by atoms with Crippen molar-refractivity contribution in [2.24, 2.45) is 5.92 Å². The van der Waals surface area contributed by atoms with Crippen LogP contribution in [0.4, 0.5) is 8.78 Å². The SMILES string of the molecule is CCC1(C)CN(CC(F)F)C(C2CC2)CN1. The maximum atomic E-state index is 12.6. The van der Waals surface area contributed by atoms with E-state index in [0.717, 1.165) is 19.5 Å². The van der Waals surface area contributed by atoms with E-state index in [-0.39, 0.29) is 12.1 Å². The molecule has 2 rings (SSSR count). The van der Waals surface area contributed by atoms with Crippen LogP contribution in [0.5, 0.6) is 0 Å². The third-order valence-electron chi connectivity index (χ3n) is 4.08. The van der Waals surface area contributed by atoms with E-state index in [1.54, 1.807) is 0 Å². The molecule has 0 aromatic heterocycles. The Hall–Kier alpha value is -0.220. The molecule has 4 heteroatoms. The Balaban J connectivity index is 2.00. The van der Waals surface area contributed by atoms with Gasteiger partial charge in [-0.25, -0.2) is 8.78 Å². The Morgan fingerprint density at radius 3 is 2.62 bits per heavy atom. The van der Waals surface area contributed by atoms with Crippen molar-refractivity contribution in [3.63, 3.8) is 0 Å². The quantitative estimate of drug-likeness (QED) is 0.798. The number of halogens is 2. The van der Waals surface area contributed by atoms with E-state index in [0.29, 0.717) is 12.0 Å². The Bertz CT molecular complexity index is 243. The molecule has 2 nitrogen and oxygen atoms in total. The van der Waals surface area contributed by atoms with Gasteiger partial charge in [-0.15, -0.1) is 0 Å². The highest BCUT2D eigenvalue weighted by molar-refractivity contribution is 4.99. The average Bonchev–Trinajstić information content (AvgIpc) is 3.01. The van der Waals surface area contributed by atoms with Crippen LogP contribution in [-0.4, -0.2) is 42.5 Å². The van der Waals surface area contributed by atoms with Crippen LogP contribution in [0.25, 0.3) is 0 Å². The molecule has 94 valence electrons. The maximum Gasteiger partial charge on any atom is 0.251 e. The smallest absolute Gasteiger partial charge is 0.251 e. The van der Waals surface area contributed by atoms with E-state index in [9.17, 15) is 8.78 Å². The van der Waals surface area contributed by atoms with Crippen LogP contribution in [0.2, 0.25) is 0 Å². The molecule has 0 aromatic rings. The van der Waals surface area contributed by atoms with Crippen LogP contribution < -0.4 is 5.32 Å². The molecule has 1 heterocycles. The molecule has 0 aromatic carbocycles. The number of nitrogens with zero attached hydrogens (tertiary/aromatic N) is 1. The van der Waals surface area contributed by atoms with Crippen molar-refractivity contribution in [1.29, 1.82) is 0 Å². The molecule has 1 aliphatic carbocycles. The van der Waals surface area contributed by atoms with Crippen LogP contribution in [0.3, 0.4) is 0 Å². The van der Waals surface area contributed by atoms with Crippen molar-refractivity contribution in [1.82, 2.24) is 10.2 Å². The molecule has 1 N–H and O–H groups in total. The Morgan fingerprint density at radius 2 is 2.12 bits per heavy atom. The summed E-state index contributed by atoms with van der Waals surface area (Å²) in [4.78, 5) is 2.02. The van der Waals surface area contributed by atoms with Gasteiger partial charge in [-0.3, -0.25) is 4.90 Å². The molecular formula is C12H22F2N2. The van der Waals surface area contributed by atoms with Gasteiger partial charge in [0.25, 0.3) is 6.43 Å². The van der Waals surface area contributed by atoms with E-state index in [4.69, 9.17) is 0 Å². The van der Waals surface area contributed by atoms with Gasteiger partial charge in [-0.1, -0.05) is 6.92 Å². The summed E-state index contributed by atoms with van der Waals surface area (Å²) in [6, 6.07) is 0.341. The summed E-state index contributed by atoms with van der Waals surface area (Å²) in [6.07, 6.45) is 1.22.